The molecule has 0 aliphatic heterocycles. The molecule has 0 saturated heterocycles. The average molecular weight is 413 g/mol. The number of aryl methyl sites for hydroxylation is 1. The van der Waals surface area contributed by atoms with E-state index in [2.05, 4.69) is 4.79 Å². The van der Waals surface area contributed by atoms with Gasteiger partial charge in [-0.05, 0) is 37.0 Å². The molecule has 1 aromatic rings. The van der Waals surface area contributed by atoms with Crippen molar-refractivity contribution in [3.8, 4) is 0 Å². The molecule has 0 aromatic heterocycles. The molecule has 0 aliphatic carbocycles. The molecule has 0 bridgehead atoms. The van der Waals surface area contributed by atoms with E-state index in [1.54, 1.807) is 12.1 Å². The van der Waals surface area contributed by atoms with E-state index in [-0.39, 0.29) is 17.0 Å². The van der Waals surface area contributed by atoms with Crippen molar-refractivity contribution in [3.05, 3.63) is 35.4 Å². The molecule has 0 N–H and O–H groups in total. The van der Waals surface area contributed by atoms with Crippen molar-refractivity contribution in [1.29, 1.82) is 0 Å². The van der Waals surface area contributed by atoms with E-state index in [1.165, 1.54) is 19.1 Å². The van der Waals surface area contributed by atoms with Crippen molar-refractivity contribution in [2.45, 2.75) is 69.6 Å². The van der Waals surface area contributed by atoms with Gasteiger partial charge in [-0.1, -0.05) is 44.2 Å². The molecule has 0 unspecified atom stereocenters. The number of halogens is 1. The van der Waals surface area contributed by atoms with Crippen LogP contribution in [0.5, 0.6) is 0 Å². The van der Waals surface area contributed by atoms with Crippen molar-refractivity contribution < 1.29 is 22.8 Å². The molecule has 0 heterocycles. The highest BCUT2D eigenvalue weighted by molar-refractivity contribution is 8.13. The number of carbonyl (C=O) groups is 2. The Balaban J connectivity index is 2.10. The van der Waals surface area contributed by atoms with Gasteiger partial charge in [0.25, 0.3) is 9.05 Å². The first kappa shape index (κ1) is 23.2. The molecule has 0 atom stereocenters. The second-order valence-corrected chi connectivity index (χ2v) is 9.05. The molecule has 1 aromatic carbocycles. The van der Waals surface area contributed by atoms with Crippen LogP contribution in [0.2, 0.25) is 0 Å². The van der Waals surface area contributed by atoms with Gasteiger partial charge in [-0.3, -0.25) is 9.59 Å². The maximum Gasteiger partial charge on any atom is 0.399 e. The van der Waals surface area contributed by atoms with Gasteiger partial charge >= 0.3 is 5.71 Å². The normalized spacial score (nSPS) is 11.0. The van der Waals surface area contributed by atoms with E-state index >= 15 is 0 Å². The largest absolute Gasteiger partial charge is 0.399 e. The third-order valence-electron chi connectivity index (χ3n) is 4.27. The highest BCUT2D eigenvalue weighted by atomic mass is 35.7. The standard InChI is InChI=1S/C19H25ClN2O4S/c1-15(23)19(22-21)18(24)10-8-6-4-2-3-5-7-9-16-11-13-17(14-12-16)27(20,25)26/h11-14H,2-10H2,1H3. The van der Waals surface area contributed by atoms with Gasteiger partial charge < -0.3 is 5.53 Å². The Labute approximate surface area is 165 Å². The van der Waals surface area contributed by atoms with Crippen LogP contribution < -0.4 is 0 Å². The molecule has 8 heteroatoms. The van der Waals surface area contributed by atoms with Gasteiger partial charge in [0.2, 0.25) is 11.6 Å². The minimum absolute atomic E-state index is 0.118. The minimum Gasteiger partial charge on any atom is -0.360 e. The molecule has 27 heavy (non-hydrogen) atoms. The predicted molar refractivity (Wildman–Crippen MR) is 104 cm³/mol. The first-order valence-electron chi connectivity index (χ1n) is 9.05. The molecule has 0 radical (unpaired) electrons. The minimum atomic E-state index is -3.66. The van der Waals surface area contributed by atoms with Crippen LogP contribution in [0, 0.1) is 0 Å². The Morgan fingerprint density at radius 3 is 1.96 bits per heavy atom. The lowest BCUT2D eigenvalue weighted by Crippen LogP contribution is -2.22. The summed E-state index contributed by atoms with van der Waals surface area (Å²) in [4.78, 5) is 25.6. The summed E-state index contributed by atoms with van der Waals surface area (Å²) in [6.45, 7) is 1.21. The average Bonchev–Trinajstić information content (AvgIpc) is 2.60. The summed E-state index contributed by atoms with van der Waals surface area (Å²) in [7, 11) is 1.62. The third kappa shape index (κ3) is 9.09. The molecule has 0 spiro atoms. The molecule has 0 amide bonds. The zero-order chi connectivity index (χ0) is 20.3. The molecule has 0 aliphatic rings. The number of Topliss-reactive ketones (excluding diaryl/α,β-unsaturated/α-hetero) is 2. The van der Waals surface area contributed by atoms with E-state index in [0.29, 0.717) is 6.42 Å². The molecule has 0 fully saturated rings. The number of benzene rings is 1. The number of unbranched alkanes of at least 4 members (excludes halogenated alkanes) is 6. The molecular formula is C19H25ClN2O4S. The van der Waals surface area contributed by atoms with Gasteiger partial charge in [-0.2, -0.15) is 4.79 Å². The predicted octanol–water partition coefficient (Wildman–Crippen LogP) is 4.11. The van der Waals surface area contributed by atoms with Crippen molar-refractivity contribution in [1.82, 2.24) is 0 Å². The second-order valence-electron chi connectivity index (χ2n) is 6.48. The zero-order valence-corrected chi connectivity index (χ0v) is 17.1. The van der Waals surface area contributed by atoms with Crippen LogP contribution in [0.4, 0.5) is 0 Å². The molecule has 0 saturated carbocycles. The summed E-state index contributed by atoms with van der Waals surface area (Å²) in [6.07, 6.45) is 8.00. The number of nitrogens with zero attached hydrogens (tertiary/aromatic N) is 2. The Bertz CT molecular complexity index is 798. The van der Waals surface area contributed by atoms with Crippen LogP contribution >= 0.6 is 10.7 Å². The third-order valence-corrected chi connectivity index (χ3v) is 5.64. The number of hydrogen-bond donors (Lipinski definition) is 0. The van der Waals surface area contributed by atoms with Crippen LogP contribution in [-0.2, 0) is 25.1 Å². The molecule has 6 nitrogen and oxygen atoms in total. The fourth-order valence-corrected chi connectivity index (χ4v) is 3.53. The SMILES string of the molecule is CC(=O)C(=[N+]=[N-])C(=O)CCCCCCCCCc1ccc(S(=O)(=O)Cl)cc1. The summed E-state index contributed by atoms with van der Waals surface area (Å²) in [5, 5.41) is 0. The van der Waals surface area contributed by atoms with Gasteiger partial charge in [-0.25, -0.2) is 8.42 Å². The monoisotopic (exact) mass is 412 g/mol. The van der Waals surface area contributed by atoms with Crippen LogP contribution in [0.1, 0.15) is 63.9 Å². The highest BCUT2D eigenvalue weighted by Gasteiger charge is 2.24. The maximum absolute atomic E-state index is 11.6. The summed E-state index contributed by atoms with van der Waals surface area (Å²) < 4.78 is 22.4. The van der Waals surface area contributed by atoms with Gasteiger partial charge in [0.05, 0.1) is 4.90 Å². The van der Waals surface area contributed by atoms with E-state index < -0.39 is 20.6 Å². The Hall–Kier alpha value is -1.82. The lowest BCUT2D eigenvalue weighted by atomic mass is 10.0. The lowest BCUT2D eigenvalue weighted by Gasteiger charge is -2.03. The first-order valence-corrected chi connectivity index (χ1v) is 11.4. The van der Waals surface area contributed by atoms with Gasteiger partial charge in [-0.15, -0.1) is 0 Å². The Morgan fingerprint density at radius 1 is 0.963 bits per heavy atom. The second kappa shape index (κ2) is 11.8. The van der Waals surface area contributed by atoms with Crippen molar-refractivity contribution in [2.75, 3.05) is 0 Å². The Kier molecular flexibility index (Phi) is 10.1. The van der Waals surface area contributed by atoms with E-state index in [1.807, 2.05) is 0 Å². The zero-order valence-electron chi connectivity index (χ0n) is 15.5. The van der Waals surface area contributed by atoms with E-state index in [4.69, 9.17) is 16.2 Å². The molecule has 1 rings (SSSR count). The fraction of sp³-hybridized carbons (Fsp3) is 0.526. The van der Waals surface area contributed by atoms with Gasteiger partial charge in [0, 0.05) is 24.0 Å². The van der Waals surface area contributed by atoms with Gasteiger partial charge in [0.1, 0.15) is 0 Å². The number of carbonyl (C=O) groups excluding carboxylic acids is 2. The maximum atomic E-state index is 11.6. The topological polar surface area (TPSA) is 105 Å². The van der Waals surface area contributed by atoms with Crippen LogP contribution in [0.3, 0.4) is 0 Å². The van der Waals surface area contributed by atoms with Crippen molar-refractivity contribution in [2.24, 2.45) is 0 Å². The highest BCUT2D eigenvalue weighted by Crippen LogP contribution is 2.17. The smallest absolute Gasteiger partial charge is 0.360 e. The van der Waals surface area contributed by atoms with Crippen LogP contribution in [0.25, 0.3) is 5.53 Å². The Morgan fingerprint density at radius 2 is 1.48 bits per heavy atom. The van der Waals surface area contributed by atoms with Gasteiger partial charge in [0.15, 0.2) is 0 Å². The summed E-state index contributed by atoms with van der Waals surface area (Å²) in [6, 6.07) is 6.63. The van der Waals surface area contributed by atoms with Crippen LogP contribution in [-0.4, -0.2) is 30.5 Å². The van der Waals surface area contributed by atoms with Crippen molar-refractivity contribution >= 4 is 37.0 Å². The fourth-order valence-electron chi connectivity index (χ4n) is 2.76. The summed E-state index contributed by atoms with van der Waals surface area (Å²) in [5.74, 6) is -0.917. The lowest BCUT2D eigenvalue weighted by molar-refractivity contribution is -0.123. The van der Waals surface area contributed by atoms with E-state index in [9.17, 15) is 18.0 Å². The molecule has 148 valence electrons. The number of hydrogen-bond acceptors (Lipinski definition) is 4. The summed E-state index contributed by atoms with van der Waals surface area (Å²) in [5.41, 5.74) is 9.35. The quantitative estimate of drug-likeness (QED) is 0.121. The molecular weight excluding hydrogens is 388 g/mol. The van der Waals surface area contributed by atoms with Crippen molar-refractivity contribution in [3.63, 3.8) is 0 Å². The van der Waals surface area contributed by atoms with E-state index in [0.717, 1.165) is 50.5 Å². The van der Waals surface area contributed by atoms with Crippen LogP contribution in [0.15, 0.2) is 29.2 Å². The first-order chi connectivity index (χ1) is 12.8. The number of ketones is 2. The summed E-state index contributed by atoms with van der Waals surface area (Å²) >= 11 is 0. The number of rotatable bonds is 13.